The average molecular weight is 429 g/mol. The fraction of sp³-hybridized carbons (Fsp3) is 0.450. The Morgan fingerprint density at radius 1 is 1.07 bits per heavy atom. The molecule has 10 heteroatoms. The Morgan fingerprint density at radius 3 is 2.77 bits per heavy atom. The van der Waals surface area contributed by atoms with Crippen LogP contribution in [0.5, 0.6) is 0 Å². The van der Waals surface area contributed by atoms with Crippen molar-refractivity contribution >= 4 is 26.8 Å². The van der Waals surface area contributed by atoms with Crippen LogP contribution in [0.3, 0.4) is 0 Å². The van der Waals surface area contributed by atoms with Gasteiger partial charge < -0.3 is 16.0 Å². The highest BCUT2D eigenvalue weighted by atomic mass is 32.2. The van der Waals surface area contributed by atoms with Gasteiger partial charge in [0.1, 0.15) is 5.52 Å². The number of nitrogens with two attached hydrogens (primary N) is 1. The quantitative estimate of drug-likeness (QED) is 0.453. The van der Waals surface area contributed by atoms with Crippen molar-refractivity contribution in [3.05, 3.63) is 44.9 Å². The highest BCUT2D eigenvalue weighted by molar-refractivity contribution is 7.91. The number of hydrogen-bond donors (Lipinski definition) is 3. The van der Waals surface area contributed by atoms with Crippen molar-refractivity contribution in [1.29, 1.82) is 0 Å². The minimum absolute atomic E-state index is 0.0307. The van der Waals surface area contributed by atoms with E-state index in [0.29, 0.717) is 6.42 Å². The number of rotatable bonds is 0. The number of benzene rings is 1. The molecule has 158 valence electrons. The number of anilines is 1. The molecule has 0 saturated heterocycles. The van der Waals surface area contributed by atoms with E-state index in [1.54, 1.807) is 0 Å². The topological polar surface area (TPSA) is 136 Å². The maximum absolute atomic E-state index is 12.7. The molecule has 1 aromatic carbocycles. The van der Waals surface area contributed by atoms with E-state index in [-0.39, 0.29) is 40.1 Å². The summed E-state index contributed by atoms with van der Waals surface area (Å²) < 4.78 is 26.9. The number of aromatic amines is 1. The Bertz CT molecular complexity index is 1310. The van der Waals surface area contributed by atoms with Crippen molar-refractivity contribution in [3.63, 3.8) is 0 Å². The Morgan fingerprint density at radius 2 is 1.90 bits per heavy atom. The van der Waals surface area contributed by atoms with Gasteiger partial charge in [0.05, 0.1) is 12.3 Å². The van der Waals surface area contributed by atoms with Gasteiger partial charge >= 0.3 is 5.69 Å². The van der Waals surface area contributed by atoms with Crippen LogP contribution in [-0.2, 0) is 35.8 Å². The van der Waals surface area contributed by atoms with Gasteiger partial charge in [0.15, 0.2) is 11.5 Å². The molecule has 30 heavy (non-hydrogen) atoms. The van der Waals surface area contributed by atoms with Crippen LogP contribution in [0.25, 0.3) is 11.2 Å². The maximum atomic E-state index is 12.7. The number of fused-ring (bicyclic) bond motifs is 5. The van der Waals surface area contributed by atoms with Crippen molar-refractivity contribution < 1.29 is 8.42 Å². The number of nitrogens with zero attached hydrogens (tertiary/aromatic N) is 3. The third-order valence-electron chi connectivity index (χ3n) is 5.97. The van der Waals surface area contributed by atoms with Crippen LogP contribution in [0.15, 0.2) is 22.1 Å². The zero-order chi connectivity index (χ0) is 20.9. The molecule has 0 saturated carbocycles. The number of H-pyrrole nitrogens is 1. The third-order valence-corrected chi connectivity index (χ3v) is 7.53. The number of nitrogen functional groups attached to an aromatic ring is 1. The largest absolute Gasteiger partial charge is 0.382 e. The molecule has 3 aromatic rings. The maximum Gasteiger partial charge on any atom is 0.328 e. The van der Waals surface area contributed by atoms with Crippen LogP contribution in [0.2, 0.25) is 0 Å². The van der Waals surface area contributed by atoms with Crippen LogP contribution < -0.4 is 16.7 Å². The molecule has 2 aliphatic rings. The normalized spacial score (nSPS) is 18.8. The molecular weight excluding hydrogens is 404 g/mol. The molecule has 4 heterocycles. The second-order valence-electron chi connectivity index (χ2n) is 8.06. The molecule has 2 aromatic heterocycles. The lowest BCUT2D eigenvalue weighted by Gasteiger charge is -2.22. The highest BCUT2D eigenvalue weighted by Gasteiger charge is 2.23. The number of hydrogen-bond acceptors (Lipinski definition) is 7. The van der Waals surface area contributed by atoms with E-state index in [9.17, 15) is 13.2 Å². The number of aryl methyl sites for hydroxylation is 1. The number of aromatic nitrogens is 4. The summed E-state index contributed by atoms with van der Waals surface area (Å²) in [6.07, 6.45) is 4.15. The van der Waals surface area contributed by atoms with Gasteiger partial charge in [-0.15, -0.1) is 0 Å². The minimum atomic E-state index is -3.68. The molecule has 0 amide bonds. The van der Waals surface area contributed by atoms with Gasteiger partial charge in [0, 0.05) is 6.54 Å². The first-order valence-corrected chi connectivity index (χ1v) is 11.9. The Labute approximate surface area is 173 Å². The molecule has 2 aliphatic heterocycles. The zero-order valence-corrected chi connectivity index (χ0v) is 17.4. The van der Waals surface area contributed by atoms with Gasteiger partial charge in [0.25, 0.3) is 5.16 Å². The highest BCUT2D eigenvalue weighted by Crippen LogP contribution is 2.25. The second-order valence-corrected chi connectivity index (χ2v) is 10.1. The van der Waals surface area contributed by atoms with Gasteiger partial charge in [-0.3, -0.25) is 4.57 Å². The molecule has 0 unspecified atom stereocenters. The van der Waals surface area contributed by atoms with Gasteiger partial charge in [-0.05, 0) is 54.5 Å². The molecule has 0 spiro atoms. The van der Waals surface area contributed by atoms with Gasteiger partial charge in [-0.2, -0.15) is 9.97 Å². The Balaban J connectivity index is 1.72. The number of imidazole rings is 1. The van der Waals surface area contributed by atoms with Gasteiger partial charge in [-0.1, -0.05) is 18.6 Å². The summed E-state index contributed by atoms with van der Waals surface area (Å²) in [4.78, 5) is 23.6. The van der Waals surface area contributed by atoms with Gasteiger partial charge in [-0.25, -0.2) is 13.2 Å². The lowest BCUT2D eigenvalue weighted by atomic mass is 9.90. The summed E-state index contributed by atoms with van der Waals surface area (Å²) in [6, 6.07) is 4.31. The summed E-state index contributed by atoms with van der Waals surface area (Å²) in [7, 11) is -3.68. The van der Waals surface area contributed by atoms with Crippen LogP contribution in [0.1, 0.15) is 41.5 Å². The first kappa shape index (κ1) is 19.3. The molecule has 5 rings (SSSR count). The zero-order valence-electron chi connectivity index (χ0n) is 16.6. The SMILES string of the molecule is Nc1nc2nc3c1[nH]c(=O)n3Cc1cc(c3c(c1)CNCC3)CCCCCS2(=O)=O. The smallest absolute Gasteiger partial charge is 0.328 e. The molecule has 0 radical (unpaired) electrons. The fourth-order valence-corrected chi connectivity index (χ4v) is 5.70. The molecular formula is C20H24N6O3S. The van der Waals surface area contributed by atoms with Gasteiger partial charge in [0.2, 0.25) is 9.84 Å². The van der Waals surface area contributed by atoms with Crippen LogP contribution in [-0.4, -0.2) is 40.2 Å². The monoisotopic (exact) mass is 428 g/mol. The average Bonchev–Trinajstić information content (AvgIpc) is 3.03. The van der Waals surface area contributed by atoms with Crippen molar-refractivity contribution in [3.8, 4) is 0 Å². The Kier molecular flexibility index (Phi) is 4.62. The van der Waals surface area contributed by atoms with Crippen LogP contribution >= 0.6 is 0 Å². The van der Waals surface area contributed by atoms with Crippen molar-refractivity contribution in [2.75, 3.05) is 18.0 Å². The lowest BCUT2D eigenvalue weighted by Crippen LogP contribution is -2.25. The lowest BCUT2D eigenvalue weighted by molar-refractivity contribution is 0.580. The molecule has 0 aliphatic carbocycles. The van der Waals surface area contributed by atoms with Crippen LogP contribution in [0.4, 0.5) is 5.82 Å². The molecule has 0 fully saturated rings. The first-order valence-electron chi connectivity index (χ1n) is 10.3. The summed E-state index contributed by atoms with van der Waals surface area (Å²) in [5.74, 6) is -0.0638. The van der Waals surface area contributed by atoms with E-state index in [2.05, 4.69) is 32.4 Å². The van der Waals surface area contributed by atoms with Crippen molar-refractivity contribution in [1.82, 2.24) is 24.8 Å². The number of nitrogens with one attached hydrogen (secondary N) is 2. The van der Waals surface area contributed by atoms with E-state index in [1.807, 2.05) is 0 Å². The van der Waals surface area contributed by atoms with Crippen molar-refractivity contribution in [2.45, 2.75) is 50.4 Å². The third kappa shape index (κ3) is 3.29. The molecule has 9 nitrogen and oxygen atoms in total. The Hall–Kier alpha value is -2.72. The van der Waals surface area contributed by atoms with Crippen LogP contribution in [0, 0.1) is 0 Å². The number of sulfone groups is 1. The second kappa shape index (κ2) is 7.21. The minimum Gasteiger partial charge on any atom is -0.382 e. The molecule has 0 atom stereocenters. The predicted molar refractivity (Wildman–Crippen MR) is 113 cm³/mol. The van der Waals surface area contributed by atoms with E-state index in [1.165, 1.54) is 21.3 Å². The summed E-state index contributed by atoms with van der Waals surface area (Å²) in [5.41, 5.74) is 11.0. The van der Waals surface area contributed by atoms with E-state index < -0.39 is 9.84 Å². The first-order chi connectivity index (χ1) is 14.4. The summed E-state index contributed by atoms with van der Waals surface area (Å²) in [6.45, 7) is 2.06. The van der Waals surface area contributed by atoms with E-state index in [4.69, 9.17) is 5.73 Å². The molecule has 4 bridgehead atoms. The summed E-state index contributed by atoms with van der Waals surface area (Å²) >= 11 is 0. The van der Waals surface area contributed by atoms with E-state index in [0.717, 1.165) is 44.3 Å². The summed E-state index contributed by atoms with van der Waals surface area (Å²) in [5, 5.41) is 3.10. The predicted octanol–water partition coefficient (Wildman–Crippen LogP) is 0.896. The standard InChI is InChI=1S/C20H24N6O3S/c21-17-16-18-25-19(24-17)30(28,29)7-3-1-2-4-13-8-12(11-26(18)20(27)23-16)9-14-10-22-6-5-15(13)14/h8-9,22H,1-7,10-11H2,(H,23,27)(H2,21,24,25). The molecule has 4 N–H and O–H groups in total. The fourth-order valence-electron chi connectivity index (χ4n) is 4.47. The van der Waals surface area contributed by atoms with E-state index >= 15 is 0 Å². The van der Waals surface area contributed by atoms with Crippen molar-refractivity contribution in [2.24, 2.45) is 0 Å².